The summed E-state index contributed by atoms with van der Waals surface area (Å²) in [5.74, 6) is -1.04. The van der Waals surface area contributed by atoms with Gasteiger partial charge >= 0.3 is 18.4 Å². The number of piperazine rings is 1. The Morgan fingerprint density at radius 1 is 0.755 bits per heavy atom. The first-order valence-electron chi connectivity index (χ1n) is 18.0. The molecule has 0 bridgehead atoms. The van der Waals surface area contributed by atoms with Gasteiger partial charge in [0, 0.05) is 69.5 Å². The molecule has 292 valence electrons. The van der Waals surface area contributed by atoms with Crippen LogP contribution in [0, 0.1) is 0 Å². The molecule has 3 aliphatic heterocycles. The molecule has 15 heteroatoms. The number of piperidine rings is 1. The minimum atomic E-state index is -5.06. The molecule has 5 rings (SSSR count). The van der Waals surface area contributed by atoms with Crippen LogP contribution in [0.1, 0.15) is 80.9 Å². The predicted molar refractivity (Wildman–Crippen MR) is 186 cm³/mol. The molecule has 1 N–H and O–H groups in total. The Bertz CT molecular complexity index is 1590. The summed E-state index contributed by atoms with van der Waals surface area (Å²) in [5, 5.41) is 2.69. The first-order chi connectivity index (χ1) is 24.6. The van der Waals surface area contributed by atoms with Crippen LogP contribution >= 0.6 is 0 Å². The minimum absolute atomic E-state index is 0.0375. The molecule has 3 saturated heterocycles. The van der Waals surface area contributed by atoms with Gasteiger partial charge in [-0.15, -0.1) is 0 Å². The van der Waals surface area contributed by atoms with Gasteiger partial charge in [0.25, 0.3) is 5.91 Å². The first kappa shape index (κ1) is 40.3. The lowest BCUT2D eigenvalue weighted by molar-refractivity contribution is -0.143. The molecule has 3 heterocycles. The highest BCUT2D eigenvalue weighted by Gasteiger charge is 2.42. The fraction of sp³-hybridized carbons (Fsp3) is 0.605. The topological polar surface area (TPSA) is 85.4 Å². The van der Waals surface area contributed by atoms with E-state index in [0.717, 1.165) is 38.2 Å². The zero-order chi connectivity index (χ0) is 38.9. The monoisotopic (exact) mass is 753 g/mol. The van der Waals surface area contributed by atoms with Gasteiger partial charge < -0.3 is 19.9 Å². The highest BCUT2D eigenvalue weighted by molar-refractivity contribution is 5.95. The number of benzene rings is 2. The van der Waals surface area contributed by atoms with Crippen LogP contribution in [0.5, 0.6) is 0 Å². The van der Waals surface area contributed by atoms with Crippen molar-refractivity contribution in [1.29, 1.82) is 0 Å². The fourth-order valence-electron chi connectivity index (χ4n) is 7.65. The molecule has 53 heavy (non-hydrogen) atoms. The van der Waals surface area contributed by atoms with E-state index >= 15 is 0 Å². The highest BCUT2D eigenvalue weighted by Crippen LogP contribution is 2.37. The summed E-state index contributed by atoms with van der Waals surface area (Å²) in [4.78, 5) is 47.5. The van der Waals surface area contributed by atoms with E-state index < -0.39 is 58.2 Å². The minimum Gasteiger partial charge on any atom is -0.444 e. The third kappa shape index (κ3) is 10.2. The van der Waals surface area contributed by atoms with Gasteiger partial charge in [0.05, 0.1) is 11.1 Å². The molecule has 3 amide bonds. The van der Waals surface area contributed by atoms with Crippen molar-refractivity contribution in [2.45, 2.75) is 102 Å². The summed E-state index contributed by atoms with van der Waals surface area (Å²) >= 11 is 0. The van der Waals surface area contributed by atoms with Crippen LogP contribution in [0.25, 0.3) is 0 Å². The summed E-state index contributed by atoms with van der Waals surface area (Å²) in [6.45, 7) is 12.8. The quantitative estimate of drug-likeness (QED) is 0.327. The Morgan fingerprint density at radius 2 is 1.30 bits per heavy atom. The van der Waals surface area contributed by atoms with Crippen molar-refractivity contribution < 1.29 is 45.5 Å². The molecular formula is C38H49F6N5O4. The number of ether oxygens (including phenoxy) is 1. The lowest BCUT2D eigenvalue weighted by atomic mass is 9.90. The molecule has 3 unspecified atom stereocenters. The molecule has 0 saturated carbocycles. The average Bonchev–Trinajstić information content (AvgIpc) is 3.56. The molecule has 3 aliphatic rings. The van der Waals surface area contributed by atoms with Gasteiger partial charge in [0.15, 0.2) is 0 Å². The predicted octanol–water partition coefficient (Wildman–Crippen LogP) is 6.46. The largest absolute Gasteiger partial charge is 0.444 e. The second-order valence-corrected chi connectivity index (χ2v) is 15.8. The van der Waals surface area contributed by atoms with Gasteiger partial charge in [-0.05, 0) is 84.1 Å². The fourth-order valence-corrected chi connectivity index (χ4v) is 7.65. The maximum Gasteiger partial charge on any atom is 0.416 e. The Labute approximate surface area is 306 Å². The van der Waals surface area contributed by atoms with Crippen molar-refractivity contribution in [3.63, 3.8) is 0 Å². The molecule has 3 atom stereocenters. The Hall–Kier alpha value is -3.85. The normalized spacial score (nSPS) is 22.5. The Balaban J connectivity index is 1.23. The van der Waals surface area contributed by atoms with Gasteiger partial charge in [0.2, 0.25) is 5.91 Å². The van der Waals surface area contributed by atoms with E-state index in [2.05, 4.69) is 15.1 Å². The number of carbonyl (C=O) groups excluding carboxylic acids is 3. The molecule has 0 spiro atoms. The van der Waals surface area contributed by atoms with E-state index in [9.17, 15) is 40.7 Å². The summed E-state index contributed by atoms with van der Waals surface area (Å²) in [6, 6.07) is 10.1. The van der Waals surface area contributed by atoms with Crippen molar-refractivity contribution in [2.75, 3.05) is 45.8 Å². The van der Waals surface area contributed by atoms with E-state index in [1.165, 1.54) is 4.90 Å². The van der Waals surface area contributed by atoms with Gasteiger partial charge in [0.1, 0.15) is 11.1 Å². The zero-order valence-corrected chi connectivity index (χ0v) is 30.8. The maximum absolute atomic E-state index is 13.8. The number of hydrogen-bond donors (Lipinski definition) is 1. The number of likely N-dealkylation sites (tertiary alicyclic amines) is 2. The van der Waals surface area contributed by atoms with Crippen LogP contribution in [0.2, 0.25) is 0 Å². The van der Waals surface area contributed by atoms with E-state index in [1.54, 1.807) is 39.5 Å². The van der Waals surface area contributed by atoms with Gasteiger partial charge in [-0.3, -0.25) is 19.4 Å². The lowest BCUT2D eigenvalue weighted by Crippen LogP contribution is -2.58. The van der Waals surface area contributed by atoms with Crippen molar-refractivity contribution in [1.82, 2.24) is 24.9 Å². The zero-order valence-electron chi connectivity index (χ0n) is 30.8. The van der Waals surface area contributed by atoms with Crippen molar-refractivity contribution in [2.24, 2.45) is 0 Å². The van der Waals surface area contributed by atoms with Crippen LogP contribution in [-0.4, -0.2) is 113 Å². The van der Waals surface area contributed by atoms with Crippen LogP contribution in [0.3, 0.4) is 0 Å². The van der Waals surface area contributed by atoms with Crippen LogP contribution < -0.4 is 5.32 Å². The van der Waals surface area contributed by atoms with E-state index in [-0.39, 0.29) is 30.6 Å². The number of nitrogens with zero attached hydrogens (tertiary/aromatic N) is 4. The summed E-state index contributed by atoms with van der Waals surface area (Å²) in [5.41, 5.74) is -4.60. The molecule has 2 aromatic rings. The average molecular weight is 754 g/mol. The van der Waals surface area contributed by atoms with E-state index in [1.807, 2.05) is 30.3 Å². The third-order valence-electron chi connectivity index (χ3n) is 10.3. The number of carbonyl (C=O) groups is 3. The number of alkyl halides is 6. The van der Waals surface area contributed by atoms with Crippen LogP contribution in [-0.2, 0) is 28.3 Å². The molecule has 9 nitrogen and oxygen atoms in total. The van der Waals surface area contributed by atoms with Crippen molar-refractivity contribution in [3.8, 4) is 0 Å². The Morgan fingerprint density at radius 3 is 1.85 bits per heavy atom. The van der Waals surface area contributed by atoms with Gasteiger partial charge in [-0.1, -0.05) is 30.3 Å². The number of nitrogens with one attached hydrogen (secondary N) is 1. The third-order valence-corrected chi connectivity index (χ3v) is 10.3. The number of halogens is 6. The number of hydrogen-bond acceptors (Lipinski definition) is 6. The SMILES string of the molecule is CC(C)(C)OC(=O)NC(C)(C)C(=O)N1CCC(N2CCN(C3CCN(C(=O)c4cc(C(F)(F)F)cc(C(F)(F)F)c4)C(Cc4ccccc4)C3)CC2)C1. The smallest absolute Gasteiger partial charge is 0.416 e. The molecular weight excluding hydrogens is 704 g/mol. The molecule has 2 aromatic carbocycles. The molecule has 0 aromatic heterocycles. The second-order valence-electron chi connectivity index (χ2n) is 15.8. The maximum atomic E-state index is 13.8. The summed E-state index contributed by atoms with van der Waals surface area (Å²) < 4.78 is 87.2. The van der Waals surface area contributed by atoms with Crippen molar-refractivity contribution >= 4 is 17.9 Å². The Kier molecular flexibility index (Phi) is 11.8. The van der Waals surface area contributed by atoms with Gasteiger partial charge in [-0.25, -0.2) is 4.79 Å². The standard InChI is InChI=1S/C38H49F6N5O4/c1-35(2,3)53-34(52)45-36(4,5)33(51)48-13-11-30(24-48)47-17-15-46(16-18-47)29-12-14-49(31(23-29)19-25-9-7-6-8-10-25)32(50)26-20-27(37(39,40)41)22-28(21-26)38(42,43)44/h6-10,20-22,29-31H,11-19,23-24H2,1-5H3,(H,45,52). The number of rotatable bonds is 7. The highest BCUT2D eigenvalue weighted by atomic mass is 19.4. The lowest BCUT2D eigenvalue weighted by Gasteiger charge is -2.47. The summed E-state index contributed by atoms with van der Waals surface area (Å²) in [6.07, 6.45) is -8.55. The second kappa shape index (κ2) is 15.5. The first-order valence-corrected chi connectivity index (χ1v) is 18.0. The number of alkyl carbamates (subject to hydrolysis) is 1. The molecule has 3 fully saturated rings. The number of amides is 3. The van der Waals surface area contributed by atoms with E-state index in [0.29, 0.717) is 44.5 Å². The van der Waals surface area contributed by atoms with Gasteiger partial charge in [-0.2, -0.15) is 26.3 Å². The van der Waals surface area contributed by atoms with E-state index in [4.69, 9.17) is 4.74 Å². The summed E-state index contributed by atoms with van der Waals surface area (Å²) in [7, 11) is 0. The van der Waals surface area contributed by atoms with Crippen LogP contribution in [0.4, 0.5) is 31.1 Å². The molecule has 0 aliphatic carbocycles. The molecule has 0 radical (unpaired) electrons. The van der Waals surface area contributed by atoms with Crippen LogP contribution in [0.15, 0.2) is 48.5 Å². The van der Waals surface area contributed by atoms with Crippen molar-refractivity contribution in [3.05, 3.63) is 70.8 Å².